The highest BCUT2D eigenvalue weighted by atomic mass is 35.5. The molecule has 0 aliphatic carbocycles. The van der Waals surface area contributed by atoms with E-state index in [9.17, 15) is 10.1 Å². The van der Waals surface area contributed by atoms with Crippen LogP contribution in [0.25, 0.3) is 0 Å². The summed E-state index contributed by atoms with van der Waals surface area (Å²) in [6, 6.07) is 11.2. The van der Waals surface area contributed by atoms with Crippen molar-refractivity contribution in [1.82, 2.24) is 0 Å². The lowest BCUT2D eigenvalue weighted by molar-refractivity contribution is -0.385. The van der Waals surface area contributed by atoms with Crippen molar-refractivity contribution in [2.45, 2.75) is 9.79 Å². The van der Waals surface area contributed by atoms with Gasteiger partial charge in [0.1, 0.15) is 11.6 Å². The SMILES string of the molecule is N#Cc1cc(Sc2cc(Cl)ccc2Cl)ccc1[N+](=O)[O-]. The van der Waals surface area contributed by atoms with E-state index in [0.29, 0.717) is 14.9 Å². The van der Waals surface area contributed by atoms with Gasteiger partial charge < -0.3 is 0 Å². The van der Waals surface area contributed by atoms with E-state index in [4.69, 9.17) is 28.5 Å². The van der Waals surface area contributed by atoms with Gasteiger partial charge in [-0.2, -0.15) is 5.26 Å². The smallest absolute Gasteiger partial charge is 0.258 e. The Balaban J connectivity index is 2.38. The van der Waals surface area contributed by atoms with Gasteiger partial charge in [0.25, 0.3) is 5.69 Å². The van der Waals surface area contributed by atoms with E-state index >= 15 is 0 Å². The maximum atomic E-state index is 10.8. The molecule has 0 aliphatic rings. The van der Waals surface area contributed by atoms with Crippen LogP contribution in [0.2, 0.25) is 10.0 Å². The molecule has 0 bridgehead atoms. The molecule has 0 aromatic heterocycles. The predicted octanol–water partition coefficient (Wildman–Crippen LogP) is 4.92. The molecule has 7 heteroatoms. The lowest BCUT2D eigenvalue weighted by atomic mass is 10.2. The van der Waals surface area contributed by atoms with E-state index in [1.54, 1.807) is 24.3 Å². The molecule has 0 aliphatic heterocycles. The largest absolute Gasteiger partial charge is 0.287 e. The first-order chi connectivity index (χ1) is 9.51. The van der Waals surface area contributed by atoms with E-state index in [1.165, 1.54) is 23.9 Å². The van der Waals surface area contributed by atoms with Crippen LogP contribution in [-0.2, 0) is 0 Å². The standard InChI is InChI=1S/C13H6Cl2N2O2S/c14-9-1-3-11(15)13(6-9)20-10-2-4-12(17(18)19)8(5-10)7-16/h1-6H. The first-order valence-electron chi connectivity index (χ1n) is 5.32. The number of nitro benzene ring substituents is 1. The Kier molecular flexibility index (Phi) is 4.50. The van der Waals surface area contributed by atoms with E-state index in [1.807, 2.05) is 6.07 Å². The number of hydrogen-bond acceptors (Lipinski definition) is 4. The van der Waals surface area contributed by atoms with Crippen molar-refractivity contribution in [2.24, 2.45) is 0 Å². The Labute approximate surface area is 129 Å². The third-order valence-electron chi connectivity index (χ3n) is 2.41. The molecule has 0 atom stereocenters. The van der Waals surface area contributed by atoms with Gasteiger partial charge in [0.2, 0.25) is 0 Å². The molecule has 0 spiro atoms. The average molecular weight is 325 g/mol. The second-order valence-corrected chi connectivity index (χ2v) is 5.68. The Morgan fingerprint density at radius 3 is 2.60 bits per heavy atom. The molecule has 0 radical (unpaired) electrons. The third-order valence-corrected chi connectivity index (χ3v) is 4.13. The van der Waals surface area contributed by atoms with Crippen LogP contribution >= 0.6 is 35.0 Å². The summed E-state index contributed by atoms with van der Waals surface area (Å²) in [5.74, 6) is 0. The van der Waals surface area contributed by atoms with E-state index in [-0.39, 0.29) is 11.3 Å². The molecule has 0 heterocycles. The van der Waals surface area contributed by atoms with Crippen LogP contribution in [0.15, 0.2) is 46.2 Å². The first-order valence-corrected chi connectivity index (χ1v) is 6.90. The lowest BCUT2D eigenvalue weighted by Gasteiger charge is -2.05. The van der Waals surface area contributed by atoms with Crippen molar-refractivity contribution in [3.63, 3.8) is 0 Å². The Morgan fingerprint density at radius 1 is 1.20 bits per heavy atom. The van der Waals surface area contributed by atoms with Gasteiger partial charge in [-0.15, -0.1) is 0 Å². The normalized spacial score (nSPS) is 10.1. The summed E-state index contributed by atoms with van der Waals surface area (Å²) >= 11 is 13.2. The maximum Gasteiger partial charge on any atom is 0.287 e. The zero-order valence-electron chi connectivity index (χ0n) is 9.84. The highest BCUT2D eigenvalue weighted by Crippen LogP contribution is 2.36. The van der Waals surface area contributed by atoms with Crippen molar-refractivity contribution in [3.8, 4) is 6.07 Å². The number of nitro groups is 1. The molecule has 0 N–H and O–H groups in total. The summed E-state index contributed by atoms with van der Waals surface area (Å²) < 4.78 is 0. The number of hydrogen-bond donors (Lipinski definition) is 0. The molecule has 4 nitrogen and oxygen atoms in total. The summed E-state index contributed by atoms with van der Waals surface area (Å²) in [6.45, 7) is 0. The van der Waals surface area contributed by atoms with Crippen molar-refractivity contribution < 1.29 is 4.92 Å². The van der Waals surface area contributed by atoms with Crippen molar-refractivity contribution >= 4 is 40.7 Å². The summed E-state index contributed by atoms with van der Waals surface area (Å²) in [5.41, 5.74) is -0.202. The molecule has 0 saturated heterocycles. The minimum absolute atomic E-state index is 0.0122. The third kappa shape index (κ3) is 3.23. The molecule has 0 amide bonds. The van der Waals surface area contributed by atoms with Gasteiger partial charge in [0.05, 0.1) is 9.95 Å². The van der Waals surface area contributed by atoms with Crippen molar-refractivity contribution in [1.29, 1.82) is 5.26 Å². The highest BCUT2D eigenvalue weighted by Gasteiger charge is 2.14. The monoisotopic (exact) mass is 324 g/mol. The van der Waals surface area contributed by atoms with Crippen LogP contribution in [0.1, 0.15) is 5.56 Å². The second kappa shape index (κ2) is 6.14. The van der Waals surface area contributed by atoms with Crippen LogP contribution in [0.5, 0.6) is 0 Å². The molecule has 100 valence electrons. The molecule has 0 unspecified atom stereocenters. The number of halogens is 2. The van der Waals surface area contributed by atoms with E-state index < -0.39 is 4.92 Å². The fourth-order valence-corrected chi connectivity index (χ4v) is 2.90. The molecule has 0 fully saturated rings. The van der Waals surface area contributed by atoms with Crippen LogP contribution in [0, 0.1) is 21.4 Å². The molecule has 2 aromatic carbocycles. The Hall–Kier alpha value is -1.74. The summed E-state index contributed by atoms with van der Waals surface area (Å²) in [6.07, 6.45) is 0. The average Bonchev–Trinajstić information content (AvgIpc) is 2.42. The van der Waals surface area contributed by atoms with E-state index in [0.717, 1.165) is 4.90 Å². The predicted molar refractivity (Wildman–Crippen MR) is 78.4 cm³/mol. The second-order valence-electron chi connectivity index (χ2n) is 3.72. The first kappa shape index (κ1) is 14.7. The van der Waals surface area contributed by atoms with Gasteiger partial charge in [0.15, 0.2) is 0 Å². The zero-order chi connectivity index (χ0) is 14.7. The number of nitrogens with zero attached hydrogens (tertiary/aromatic N) is 2. The number of rotatable bonds is 3. The lowest BCUT2D eigenvalue weighted by Crippen LogP contribution is -1.92. The minimum Gasteiger partial charge on any atom is -0.258 e. The zero-order valence-corrected chi connectivity index (χ0v) is 12.2. The molecule has 2 aromatic rings. The van der Waals surface area contributed by atoms with Crippen LogP contribution in [-0.4, -0.2) is 4.92 Å². The Bertz CT molecular complexity index is 729. The quantitative estimate of drug-likeness (QED) is 0.593. The topological polar surface area (TPSA) is 66.9 Å². The molecular weight excluding hydrogens is 319 g/mol. The van der Waals surface area contributed by atoms with Gasteiger partial charge in [-0.1, -0.05) is 35.0 Å². The van der Waals surface area contributed by atoms with Gasteiger partial charge >= 0.3 is 0 Å². The summed E-state index contributed by atoms with van der Waals surface area (Å²) in [5, 5.41) is 20.8. The fraction of sp³-hybridized carbons (Fsp3) is 0. The highest BCUT2D eigenvalue weighted by molar-refractivity contribution is 7.99. The molecule has 2 rings (SSSR count). The number of nitriles is 1. The van der Waals surface area contributed by atoms with Gasteiger partial charge in [0, 0.05) is 20.9 Å². The fourth-order valence-electron chi connectivity index (χ4n) is 1.51. The maximum absolute atomic E-state index is 10.8. The van der Waals surface area contributed by atoms with Gasteiger partial charge in [-0.05, 0) is 30.3 Å². The molecular formula is C13H6Cl2N2O2S. The molecule has 20 heavy (non-hydrogen) atoms. The van der Waals surface area contributed by atoms with Crippen LogP contribution in [0.4, 0.5) is 5.69 Å². The summed E-state index contributed by atoms with van der Waals surface area (Å²) in [7, 11) is 0. The van der Waals surface area contributed by atoms with Crippen molar-refractivity contribution in [2.75, 3.05) is 0 Å². The van der Waals surface area contributed by atoms with Gasteiger partial charge in [-0.3, -0.25) is 10.1 Å². The van der Waals surface area contributed by atoms with Crippen LogP contribution in [0.3, 0.4) is 0 Å². The summed E-state index contributed by atoms with van der Waals surface area (Å²) in [4.78, 5) is 11.6. The molecule has 0 saturated carbocycles. The van der Waals surface area contributed by atoms with Crippen LogP contribution < -0.4 is 0 Å². The van der Waals surface area contributed by atoms with E-state index in [2.05, 4.69) is 0 Å². The van der Waals surface area contributed by atoms with Crippen molar-refractivity contribution in [3.05, 3.63) is 62.1 Å². The Morgan fingerprint density at radius 2 is 1.95 bits per heavy atom. The number of benzene rings is 2. The minimum atomic E-state index is -0.584. The van der Waals surface area contributed by atoms with Gasteiger partial charge in [-0.25, -0.2) is 0 Å².